The Bertz CT molecular complexity index is 236. The molecule has 1 amide bonds. The second kappa shape index (κ2) is 8.41. The van der Waals surface area contributed by atoms with Gasteiger partial charge in [0, 0.05) is 13.0 Å². The van der Waals surface area contributed by atoms with Crippen LogP contribution in [0.15, 0.2) is 0 Å². The highest BCUT2D eigenvalue weighted by molar-refractivity contribution is 7.98. The molecule has 16 heavy (non-hydrogen) atoms. The maximum absolute atomic E-state index is 11.4. The molecule has 0 saturated carbocycles. The average molecular weight is 248 g/mol. The van der Waals surface area contributed by atoms with Crippen LogP contribution >= 0.6 is 11.8 Å². The van der Waals surface area contributed by atoms with Crippen LogP contribution in [0.5, 0.6) is 0 Å². The van der Waals surface area contributed by atoms with Crippen LogP contribution in [0.2, 0.25) is 0 Å². The van der Waals surface area contributed by atoms with E-state index < -0.39 is 12.0 Å². The summed E-state index contributed by atoms with van der Waals surface area (Å²) in [6.45, 7) is 2.14. The number of nitrogens with two attached hydrogens (primary N) is 1. The maximum atomic E-state index is 11.4. The largest absolute Gasteiger partial charge is 0.481 e. The molecule has 0 fully saturated rings. The van der Waals surface area contributed by atoms with Crippen molar-refractivity contribution < 1.29 is 14.7 Å². The van der Waals surface area contributed by atoms with E-state index >= 15 is 0 Å². The minimum absolute atomic E-state index is 0.0559. The number of carboxylic acid groups (broad SMARTS) is 1. The van der Waals surface area contributed by atoms with E-state index in [1.54, 1.807) is 18.7 Å². The standard InChI is InChI=1S/C10H20N2O3S/c1-7(5-9(13)14)6-12-10(15)8(11)3-4-16-2/h7-8H,3-6,11H2,1-2H3,(H,12,15)(H,13,14)/t7?,8-/m1/s1. The van der Waals surface area contributed by atoms with Crippen LogP contribution in [0.4, 0.5) is 0 Å². The molecule has 0 aliphatic rings. The van der Waals surface area contributed by atoms with E-state index in [1.165, 1.54) is 0 Å². The molecule has 0 aromatic heterocycles. The lowest BCUT2D eigenvalue weighted by Gasteiger charge is -2.14. The number of carbonyl (C=O) groups is 2. The number of hydrogen-bond acceptors (Lipinski definition) is 4. The Balaban J connectivity index is 3.74. The van der Waals surface area contributed by atoms with Crippen LogP contribution in [-0.2, 0) is 9.59 Å². The lowest BCUT2D eigenvalue weighted by molar-refractivity contribution is -0.138. The molecule has 2 atom stereocenters. The van der Waals surface area contributed by atoms with Crippen molar-refractivity contribution >= 4 is 23.6 Å². The fraction of sp³-hybridized carbons (Fsp3) is 0.800. The van der Waals surface area contributed by atoms with Crippen molar-refractivity contribution in [3.8, 4) is 0 Å². The molecule has 0 aliphatic carbocycles. The molecule has 0 saturated heterocycles. The predicted octanol–water partition coefficient (Wildman–Crippen LogP) is 0.294. The third-order valence-corrected chi connectivity index (χ3v) is 2.76. The molecule has 0 radical (unpaired) electrons. The van der Waals surface area contributed by atoms with Gasteiger partial charge in [0.25, 0.3) is 0 Å². The lowest BCUT2D eigenvalue weighted by Crippen LogP contribution is -2.42. The third kappa shape index (κ3) is 7.53. The second-order valence-electron chi connectivity index (χ2n) is 3.84. The van der Waals surface area contributed by atoms with Crippen molar-refractivity contribution in [2.45, 2.75) is 25.8 Å². The van der Waals surface area contributed by atoms with Crippen LogP contribution < -0.4 is 11.1 Å². The number of carboxylic acids is 1. The number of rotatable bonds is 8. The number of thioether (sulfide) groups is 1. The van der Waals surface area contributed by atoms with Gasteiger partial charge in [-0.05, 0) is 24.3 Å². The molecule has 0 rings (SSSR count). The molecule has 4 N–H and O–H groups in total. The number of nitrogens with one attached hydrogen (secondary N) is 1. The maximum Gasteiger partial charge on any atom is 0.303 e. The molecule has 0 aliphatic heterocycles. The van der Waals surface area contributed by atoms with Crippen molar-refractivity contribution in [3.05, 3.63) is 0 Å². The summed E-state index contributed by atoms with van der Waals surface area (Å²) in [5, 5.41) is 11.2. The molecule has 94 valence electrons. The summed E-state index contributed by atoms with van der Waals surface area (Å²) in [6.07, 6.45) is 2.65. The van der Waals surface area contributed by atoms with E-state index in [4.69, 9.17) is 10.8 Å². The SMILES string of the molecule is CSCC[C@@H](N)C(=O)NCC(C)CC(=O)O. The van der Waals surface area contributed by atoms with Gasteiger partial charge in [0.05, 0.1) is 6.04 Å². The van der Waals surface area contributed by atoms with E-state index in [0.29, 0.717) is 13.0 Å². The van der Waals surface area contributed by atoms with Crippen LogP contribution in [0.3, 0.4) is 0 Å². The molecule has 0 aromatic rings. The van der Waals surface area contributed by atoms with Gasteiger partial charge in [0.1, 0.15) is 0 Å². The molecule has 0 bridgehead atoms. The smallest absolute Gasteiger partial charge is 0.303 e. The van der Waals surface area contributed by atoms with Gasteiger partial charge in [-0.1, -0.05) is 6.92 Å². The summed E-state index contributed by atoms with van der Waals surface area (Å²) >= 11 is 1.64. The van der Waals surface area contributed by atoms with E-state index in [9.17, 15) is 9.59 Å². The van der Waals surface area contributed by atoms with Gasteiger partial charge >= 0.3 is 5.97 Å². The topological polar surface area (TPSA) is 92.4 Å². The summed E-state index contributed by atoms with van der Waals surface area (Å²) < 4.78 is 0. The molecular weight excluding hydrogens is 228 g/mol. The third-order valence-electron chi connectivity index (χ3n) is 2.12. The molecule has 6 heteroatoms. The fourth-order valence-corrected chi connectivity index (χ4v) is 1.64. The normalized spacial score (nSPS) is 14.2. The molecule has 0 aromatic carbocycles. The van der Waals surface area contributed by atoms with Crippen molar-refractivity contribution in [1.82, 2.24) is 5.32 Å². The zero-order valence-corrected chi connectivity index (χ0v) is 10.5. The highest BCUT2D eigenvalue weighted by Gasteiger charge is 2.14. The van der Waals surface area contributed by atoms with E-state index in [2.05, 4.69) is 5.32 Å². The van der Waals surface area contributed by atoms with Gasteiger partial charge in [0.2, 0.25) is 5.91 Å². The highest BCUT2D eigenvalue weighted by atomic mass is 32.2. The van der Waals surface area contributed by atoms with Crippen LogP contribution in [0.25, 0.3) is 0 Å². The van der Waals surface area contributed by atoms with Crippen LogP contribution in [0, 0.1) is 5.92 Å². The molecular formula is C10H20N2O3S. The van der Waals surface area contributed by atoms with E-state index in [-0.39, 0.29) is 18.2 Å². The van der Waals surface area contributed by atoms with Crippen molar-refractivity contribution in [2.24, 2.45) is 11.7 Å². The first-order valence-corrected chi connectivity index (χ1v) is 6.60. The molecule has 5 nitrogen and oxygen atoms in total. The minimum Gasteiger partial charge on any atom is -0.481 e. The molecule has 0 spiro atoms. The van der Waals surface area contributed by atoms with Crippen LogP contribution in [-0.4, -0.2) is 41.6 Å². The lowest BCUT2D eigenvalue weighted by atomic mass is 10.1. The summed E-state index contributed by atoms with van der Waals surface area (Å²) in [5.74, 6) is -0.284. The fourth-order valence-electron chi connectivity index (χ4n) is 1.15. The Kier molecular flexibility index (Phi) is 8.01. The Hall–Kier alpha value is -0.750. The molecule has 0 heterocycles. The Morgan fingerprint density at radius 3 is 2.62 bits per heavy atom. The van der Waals surface area contributed by atoms with E-state index in [1.807, 2.05) is 6.26 Å². The average Bonchev–Trinajstić information content (AvgIpc) is 2.21. The first kappa shape index (κ1) is 15.2. The number of amides is 1. The first-order chi connectivity index (χ1) is 7.47. The van der Waals surface area contributed by atoms with Gasteiger partial charge in [-0.25, -0.2) is 0 Å². The van der Waals surface area contributed by atoms with Gasteiger partial charge in [-0.3, -0.25) is 9.59 Å². The van der Waals surface area contributed by atoms with Gasteiger partial charge in [-0.2, -0.15) is 11.8 Å². The van der Waals surface area contributed by atoms with Gasteiger partial charge in [0.15, 0.2) is 0 Å². The van der Waals surface area contributed by atoms with Crippen LogP contribution in [0.1, 0.15) is 19.8 Å². The first-order valence-electron chi connectivity index (χ1n) is 5.21. The minimum atomic E-state index is -0.853. The van der Waals surface area contributed by atoms with Crippen molar-refractivity contribution in [3.63, 3.8) is 0 Å². The zero-order valence-electron chi connectivity index (χ0n) is 9.73. The number of aliphatic carboxylic acids is 1. The Morgan fingerprint density at radius 1 is 1.50 bits per heavy atom. The zero-order chi connectivity index (χ0) is 12.6. The van der Waals surface area contributed by atoms with E-state index in [0.717, 1.165) is 5.75 Å². The Morgan fingerprint density at radius 2 is 2.12 bits per heavy atom. The quantitative estimate of drug-likeness (QED) is 0.574. The second-order valence-corrected chi connectivity index (χ2v) is 4.82. The van der Waals surface area contributed by atoms with Crippen molar-refractivity contribution in [1.29, 1.82) is 0 Å². The molecule has 1 unspecified atom stereocenters. The summed E-state index contributed by atoms with van der Waals surface area (Å²) in [6, 6.07) is -0.496. The number of hydrogen-bond donors (Lipinski definition) is 3. The summed E-state index contributed by atoms with van der Waals surface area (Å²) in [4.78, 5) is 21.8. The Labute approximate surface area is 100 Å². The summed E-state index contributed by atoms with van der Waals surface area (Å²) in [7, 11) is 0. The highest BCUT2D eigenvalue weighted by Crippen LogP contribution is 2.01. The monoisotopic (exact) mass is 248 g/mol. The predicted molar refractivity (Wildman–Crippen MR) is 65.4 cm³/mol. The van der Waals surface area contributed by atoms with Gasteiger partial charge in [-0.15, -0.1) is 0 Å². The van der Waals surface area contributed by atoms with Gasteiger partial charge < -0.3 is 16.2 Å². The number of carbonyl (C=O) groups excluding carboxylic acids is 1. The van der Waals surface area contributed by atoms with Crippen molar-refractivity contribution in [2.75, 3.05) is 18.6 Å². The summed E-state index contributed by atoms with van der Waals surface area (Å²) in [5.41, 5.74) is 5.65.